The van der Waals surface area contributed by atoms with Crippen molar-refractivity contribution >= 4 is 39.3 Å². The number of carbonyl (C=O) groups excluding carboxylic acids is 1. The van der Waals surface area contributed by atoms with Gasteiger partial charge in [0.05, 0.1) is 10.0 Å². The van der Waals surface area contributed by atoms with Crippen molar-refractivity contribution in [1.29, 1.82) is 0 Å². The van der Waals surface area contributed by atoms with Crippen LogP contribution in [0.25, 0.3) is 0 Å². The van der Waals surface area contributed by atoms with E-state index in [4.69, 9.17) is 23.2 Å². The molecule has 0 bridgehead atoms. The minimum absolute atomic E-state index is 0.0813. The van der Waals surface area contributed by atoms with E-state index in [0.717, 1.165) is 12.8 Å². The second-order valence-corrected chi connectivity index (χ2v) is 9.45. The van der Waals surface area contributed by atoms with E-state index in [1.807, 2.05) is 18.2 Å². The number of hydrogen-bond acceptors (Lipinski definition) is 3. The SMILES string of the molecule is O=C(NCCCc1ccccc1)N1CCN(S(=O)(=O)c2c(Cl)cccc2Cl)CC1. The maximum absolute atomic E-state index is 12.9. The largest absolute Gasteiger partial charge is 0.338 e. The molecule has 1 saturated heterocycles. The molecule has 2 amide bonds. The molecule has 0 radical (unpaired) electrons. The number of sulfonamides is 1. The van der Waals surface area contributed by atoms with Gasteiger partial charge >= 0.3 is 6.03 Å². The van der Waals surface area contributed by atoms with E-state index in [-0.39, 0.29) is 34.1 Å². The van der Waals surface area contributed by atoms with Crippen LogP contribution in [0.4, 0.5) is 4.79 Å². The fourth-order valence-electron chi connectivity index (χ4n) is 3.23. The van der Waals surface area contributed by atoms with Gasteiger partial charge in [-0.25, -0.2) is 13.2 Å². The number of carbonyl (C=O) groups is 1. The molecule has 2 aromatic carbocycles. The summed E-state index contributed by atoms with van der Waals surface area (Å²) < 4.78 is 27.1. The normalized spacial score (nSPS) is 15.3. The summed E-state index contributed by atoms with van der Waals surface area (Å²) in [6, 6.07) is 14.5. The van der Waals surface area contributed by atoms with Crippen LogP contribution in [0, 0.1) is 0 Å². The molecule has 1 fully saturated rings. The average Bonchev–Trinajstić information content (AvgIpc) is 2.71. The Morgan fingerprint density at radius 3 is 2.17 bits per heavy atom. The highest BCUT2D eigenvalue weighted by Gasteiger charge is 2.32. The summed E-state index contributed by atoms with van der Waals surface area (Å²) in [6.07, 6.45) is 1.74. The molecule has 9 heteroatoms. The lowest BCUT2D eigenvalue weighted by molar-refractivity contribution is 0.172. The zero-order chi connectivity index (χ0) is 20.9. The number of nitrogens with zero attached hydrogens (tertiary/aromatic N) is 2. The summed E-state index contributed by atoms with van der Waals surface area (Å²) in [5.74, 6) is 0. The topological polar surface area (TPSA) is 69.7 Å². The molecule has 1 heterocycles. The summed E-state index contributed by atoms with van der Waals surface area (Å²) in [7, 11) is -3.81. The lowest BCUT2D eigenvalue weighted by Gasteiger charge is -2.34. The van der Waals surface area contributed by atoms with E-state index in [2.05, 4.69) is 17.4 Å². The van der Waals surface area contributed by atoms with Crippen LogP contribution >= 0.6 is 23.2 Å². The van der Waals surface area contributed by atoms with Crippen molar-refractivity contribution in [3.8, 4) is 0 Å². The Hall–Kier alpha value is -1.80. The molecular weight excluding hydrogens is 433 g/mol. The molecule has 1 N–H and O–H groups in total. The number of aryl methyl sites for hydroxylation is 1. The highest BCUT2D eigenvalue weighted by Crippen LogP contribution is 2.31. The Morgan fingerprint density at radius 1 is 0.931 bits per heavy atom. The Kier molecular flexibility index (Phi) is 7.40. The molecule has 2 aromatic rings. The summed E-state index contributed by atoms with van der Waals surface area (Å²) in [4.78, 5) is 13.9. The summed E-state index contributed by atoms with van der Waals surface area (Å²) in [5, 5.41) is 3.09. The first-order chi connectivity index (χ1) is 13.9. The van der Waals surface area contributed by atoms with Gasteiger partial charge in [0.2, 0.25) is 10.0 Å². The van der Waals surface area contributed by atoms with E-state index in [1.54, 1.807) is 11.0 Å². The molecule has 0 aliphatic carbocycles. The molecule has 1 aliphatic rings. The van der Waals surface area contributed by atoms with E-state index in [9.17, 15) is 13.2 Å². The number of piperazine rings is 1. The van der Waals surface area contributed by atoms with Gasteiger partial charge in [-0.05, 0) is 30.5 Å². The van der Waals surface area contributed by atoms with Crippen molar-refractivity contribution < 1.29 is 13.2 Å². The van der Waals surface area contributed by atoms with Crippen LogP contribution in [-0.4, -0.2) is 56.4 Å². The van der Waals surface area contributed by atoms with Crippen molar-refractivity contribution in [1.82, 2.24) is 14.5 Å². The van der Waals surface area contributed by atoms with E-state index in [0.29, 0.717) is 19.6 Å². The number of urea groups is 1. The van der Waals surface area contributed by atoms with Gasteiger partial charge < -0.3 is 10.2 Å². The molecular formula is C20H23Cl2N3O3S. The van der Waals surface area contributed by atoms with Gasteiger partial charge in [-0.2, -0.15) is 4.31 Å². The Labute approximate surface area is 181 Å². The second kappa shape index (κ2) is 9.80. The van der Waals surface area contributed by atoms with Gasteiger partial charge in [0.25, 0.3) is 0 Å². The van der Waals surface area contributed by atoms with Crippen LogP contribution in [-0.2, 0) is 16.4 Å². The molecule has 0 aromatic heterocycles. The first-order valence-electron chi connectivity index (χ1n) is 9.40. The van der Waals surface area contributed by atoms with Crippen LogP contribution in [0.15, 0.2) is 53.4 Å². The fraction of sp³-hybridized carbons (Fsp3) is 0.350. The molecule has 6 nitrogen and oxygen atoms in total. The van der Waals surface area contributed by atoms with Crippen molar-refractivity contribution in [2.45, 2.75) is 17.7 Å². The van der Waals surface area contributed by atoms with Crippen molar-refractivity contribution in [2.24, 2.45) is 0 Å². The highest BCUT2D eigenvalue weighted by molar-refractivity contribution is 7.89. The average molecular weight is 456 g/mol. The molecule has 0 saturated carbocycles. The van der Waals surface area contributed by atoms with Crippen molar-refractivity contribution in [3.63, 3.8) is 0 Å². The molecule has 0 unspecified atom stereocenters. The predicted octanol–water partition coefficient (Wildman–Crippen LogP) is 3.64. The second-order valence-electron chi connectivity index (χ2n) is 6.76. The third-order valence-corrected chi connectivity index (χ3v) is 7.66. The quantitative estimate of drug-likeness (QED) is 0.675. The number of hydrogen-bond donors (Lipinski definition) is 1. The Morgan fingerprint density at radius 2 is 1.55 bits per heavy atom. The standard InChI is InChI=1S/C20H23Cl2N3O3S/c21-17-9-4-10-18(22)19(17)29(27,28)25-14-12-24(13-15-25)20(26)23-11-5-8-16-6-2-1-3-7-16/h1-4,6-7,9-10H,5,8,11-15H2,(H,23,26). The molecule has 29 heavy (non-hydrogen) atoms. The van der Waals surface area contributed by atoms with Gasteiger partial charge in [0.1, 0.15) is 4.90 Å². The van der Waals surface area contributed by atoms with Gasteiger partial charge in [0, 0.05) is 32.7 Å². The van der Waals surface area contributed by atoms with E-state index >= 15 is 0 Å². The van der Waals surface area contributed by atoms with Gasteiger partial charge in [-0.3, -0.25) is 0 Å². The Bertz CT molecular complexity index is 926. The number of amides is 2. The van der Waals surface area contributed by atoms with Crippen LogP contribution < -0.4 is 5.32 Å². The van der Waals surface area contributed by atoms with E-state index < -0.39 is 10.0 Å². The zero-order valence-electron chi connectivity index (χ0n) is 15.9. The van der Waals surface area contributed by atoms with Crippen LogP contribution in [0.3, 0.4) is 0 Å². The van der Waals surface area contributed by atoms with Gasteiger partial charge in [0.15, 0.2) is 0 Å². The molecule has 0 spiro atoms. The maximum atomic E-state index is 12.9. The lowest BCUT2D eigenvalue weighted by atomic mass is 10.1. The number of nitrogens with one attached hydrogen (secondary N) is 1. The predicted molar refractivity (Wildman–Crippen MR) is 115 cm³/mol. The van der Waals surface area contributed by atoms with Crippen LogP contribution in [0.1, 0.15) is 12.0 Å². The fourth-order valence-corrected chi connectivity index (χ4v) is 5.75. The first kappa shape index (κ1) is 21.9. The molecule has 1 aliphatic heterocycles. The van der Waals surface area contributed by atoms with Crippen molar-refractivity contribution in [2.75, 3.05) is 32.7 Å². The number of benzene rings is 2. The summed E-state index contributed by atoms with van der Waals surface area (Å²) in [5.41, 5.74) is 1.24. The van der Waals surface area contributed by atoms with Crippen LogP contribution in [0.2, 0.25) is 10.0 Å². The third-order valence-electron chi connectivity index (χ3n) is 4.80. The highest BCUT2D eigenvalue weighted by atomic mass is 35.5. The molecule has 156 valence electrons. The summed E-state index contributed by atoms with van der Waals surface area (Å²) >= 11 is 12.1. The van der Waals surface area contributed by atoms with E-state index in [1.165, 1.54) is 22.0 Å². The maximum Gasteiger partial charge on any atom is 0.317 e. The Balaban J connectivity index is 1.49. The molecule has 3 rings (SSSR count). The van der Waals surface area contributed by atoms with Crippen molar-refractivity contribution in [3.05, 3.63) is 64.1 Å². The monoisotopic (exact) mass is 455 g/mol. The third kappa shape index (κ3) is 5.42. The minimum Gasteiger partial charge on any atom is -0.338 e. The van der Waals surface area contributed by atoms with Gasteiger partial charge in [-0.15, -0.1) is 0 Å². The smallest absolute Gasteiger partial charge is 0.317 e. The first-order valence-corrected chi connectivity index (χ1v) is 11.6. The summed E-state index contributed by atoms with van der Waals surface area (Å²) in [6.45, 7) is 1.59. The minimum atomic E-state index is -3.81. The lowest BCUT2D eigenvalue weighted by Crippen LogP contribution is -2.53. The van der Waals surface area contributed by atoms with Gasteiger partial charge in [-0.1, -0.05) is 59.6 Å². The number of rotatable bonds is 6. The zero-order valence-corrected chi connectivity index (χ0v) is 18.2. The van der Waals surface area contributed by atoms with Crippen LogP contribution in [0.5, 0.6) is 0 Å². The number of halogens is 2. The molecule has 0 atom stereocenters.